The Kier molecular flexibility index (Phi) is 10.8. The van der Waals surface area contributed by atoms with Gasteiger partial charge in [0.05, 0.1) is 57.4 Å². The number of carbonyl (C=O) groups is 5. The summed E-state index contributed by atoms with van der Waals surface area (Å²) in [5, 5.41) is 10.6. The molecule has 2 aliphatic rings. The fourth-order valence-electron chi connectivity index (χ4n) is 3.63. The minimum atomic E-state index is -1.02. The molecule has 0 spiro atoms. The van der Waals surface area contributed by atoms with E-state index in [-0.39, 0.29) is 43.8 Å². The summed E-state index contributed by atoms with van der Waals surface area (Å²) < 4.78 is 21.0. The van der Waals surface area contributed by atoms with Crippen LogP contribution in [0.25, 0.3) is 0 Å². The molecule has 1 aromatic carbocycles. The number of hydrogen-bond acceptors (Lipinski definition) is 10. The summed E-state index contributed by atoms with van der Waals surface area (Å²) in [5.74, 6) is -2.60. The van der Waals surface area contributed by atoms with Crippen LogP contribution in [0.15, 0.2) is 23.1 Å². The van der Waals surface area contributed by atoms with Crippen LogP contribution in [0, 0.1) is 0 Å². The van der Waals surface area contributed by atoms with E-state index < -0.39 is 35.6 Å². The zero-order chi connectivity index (χ0) is 25.9. The lowest BCUT2D eigenvalue weighted by molar-refractivity contribution is -0.143. The quantitative estimate of drug-likeness (QED) is 0.174. The molecule has 1 saturated heterocycles. The molecule has 3 rings (SSSR count). The van der Waals surface area contributed by atoms with Crippen LogP contribution < -0.4 is 5.32 Å². The second kappa shape index (κ2) is 14.0. The van der Waals surface area contributed by atoms with Crippen LogP contribution in [0.3, 0.4) is 0 Å². The molecule has 1 fully saturated rings. The van der Waals surface area contributed by atoms with Gasteiger partial charge in [0.1, 0.15) is 12.6 Å². The molecule has 36 heavy (non-hydrogen) atoms. The van der Waals surface area contributed by atoms with Crippen molar-refractivity contribution in [1.82, 2.24) is 10.2 Å². The fourth-order valence-corrected chi connectivity index (χ4v) is 4.57. The second-order valence-corrected chi connectivity index (χ2v) is 8.89. The Labute approximate surface area is 211 Å². The van der Waals surface area contributed by atoms with Gasteiger partial charge in [0.25, 0.3) is 11.8 Å². The number of carboxylic acids is 1. The van der Waals surface area contributed by atoms with E-state index in [0.717, 1.165) is 4.90 Å². The van der Waals surface area contributed by atoms with Gasteiger partial charge in [-0.1, -0.05) is 6.07 Å². The number of hydrogen-bond donors (Lipinski definition) is 2. The number of rotatable bonds is 16. The standard InChI is InChI=1S/C23H28N2O10S/c26-18-5-4-16(21(29)24-18)25-22(30)15-2-1-3-17(20(15)23(25)31)36-13-12-34-9-8-32-6-7-33-10-11-35-14-19(27)28/h1-3,16H,4-14H2,(H,27,28)(H,24,26,29). The predicted molar refractivity (Wildman–Crippen MR) is 125 cm³/mol. The number of nitrogens with zero attached hydrogens (tertiary/aromatic N) is 1. The van der Waals surface area contributed by atoms with Crippen molar-refractivity contribution >= 4 is 41.4 Å². The predicted octanol–water partition coefficient (Wildman–Crippen LogP) is 0.331. The Bertz CT molecular complexity index is 986. The van der Waals surface area contributed by atoms with Crippen molar-refractivity contribution in [2.45, 2.75) is 23.8 Å². The molecule has 13 heteroatoms. The van der Waals surface area contributed by atoms with Crippen LogP contribution in [0.2, 0.25) is 0 Å². The minimum Gasteiger partial charge on any atom is -0.480 e. The lowest BCUT2D eigenvalue weighted by atomic mass is 10.0. The number of carboxylic acid groups (broad SMARTS) is 1. The number of ether oxygens (including phenoxy) is 4. The summed E-state index contributed by atoms with van der Waals surface area (Å²) in [6.45, 7) is 2.00. The molecule has 196 valence electrons. The van der Waals surface area contributed by atoms with Gasteiger partial charge in [0.15, 0.2) is 0 Å². The number of piperidine rings is 1. The van der Waals surface area contributed by atoms with Gasteiger partial charge in [-0.25, -0.2) is 4.79 Å². The van der Waals surface area contributed by atoms with Crippen LogP contribution in [0.5, 0.6) is 0 Å². The maximum absolute atomic E-state index is 13.1. The zero-order valence-electron chi connectivity index (χ0n) is 19.6. The van der Waals surface area contributed by atoms with Gasteiger partial charge in [-0.05, 0) is 18.6 Å². The van der Waals surface area contributed by atoms with Crippen molar-refractivity contribution in [3.63, 3.8) is 0 Å². The molecule has 2 N–H and O–H groups in total. The van der Waals surface area contributed by atoms with Gasteiger partial charge in [-0.2, -0.15) is 0 Å². The summed E-state index contributed by atoms with van der Waals surface area (Å²) in [6.07, 6.45) is 0.185. The summed E-state index contributed by atoms with van der Waals surface area (Å²) in [7, 11) is 0. The van der Waals surface area contributed by atoms with Crippen molar-refractivity contribution in [3.8, 4) is 0 Å². The monoisotopic (exact) mass is 524 g/mol. The van der Waals surface area contributed by atoms with E-state index in [9.17, 15) is 24.0 Å². The number of carbonyl (C=O) groups excluding carboxylic acids is 4. The van der Waals surface area contributed by atoms with Gasteiger partial charge in [-0.15, -0.1) is 11.8 Å². The van der Waals surface area contributed by atoms with Gasteiger partial charge >= 0.3 is 5.97 Å². The van der Waals surface area contributed by atoms with Crippen molar-refractivity contribution in [1.29, 1.82) is 0 Å². The molecule has 0 saturated carbocycles. The second-order valence-electron chi connectivity index (χ2n) is 7.76. The lowest BCUT2D eigenvalue weighted by Gasteiger charge is -2.27. The first-order valence-electron chi connectivity index (χ1n) is 11.4. The highest BCUT2D eigenvalue weighted by Crippen LogP contribution is 2.34. The highest BCUT2D eigenvalue weighted by atomic mass is 32.2. The molecule has 12 nitrogen and oxygen atoms in total. The number of imide groups is 2. The molecule has 0 bridgehead atoms. The van der Waals surface area contributed by atoms with Crippen molar-refractivity contribution < 1.29 is 48.0 Å². The largest absolute Gasteiger partial charge is 0.480 e. The van der Waals surface area contributed by atoms with Crippen molar-refractivity contribution in [2.75, 3.05) is 58.6 Å². The zero-order valence-corrected chi connectivity index (χ0v) is 20.4. The van der Waals surface area contributed by atoms with Crippen molar-refractivity contribution in [3.05, 3.63) is 29.3 Å². The number of benzene rings is 1. The van der Waals surface area contributed by atoms with Crippen LogP contribution >= 0.6 is 11.8 Å². The number of thioether (sulfide) groups is 1. The Morgan fingerprint density at radius 1 is 0.944 bits per heavy atom. The fraction of sp³-hybridized carbons (Fsp3) is 0.522. The third kappa shape index (κ3) is 7.58. The maximum atomic E-state index is 13.1. The normalized spacial score (nSPS) is 17.4. The lowest BCUT2D eigenvalue weighted by Crippen LogP contribution is -2.54. The first-order valence-corrected chi connectivity index (χ1v) is 12.4. The molecule has 1 unspecified atom stereocenters. The SMILES string of the molecule is O=C(O)COCCOCCOCCOCCSc1cccc2c1C(=O)N(C1CCC(=O)NC1=O)C2=O. The van der Waals surface area contributed by atoms with Crippen LogP contribution in [-0.2, 0) is 33.3 Å². The van der Waals surface area contributed by atoms with E-state index in [2.05, 4.69) is 5.32 Å². The summed E-state index contributed by atoms with van der Waals surface area (Å²) >= 11 is 1.38. The number of amides is 4. The Morgan fingerprint density at radius 3 is 2.22 bits per heavy atom. The van der Waals surface area contributed by atoms with Gasteiger partial charge in [0.2, 0.25) is 11.8 Å². The molecule has 4 amide bonds. The highest BCUT2D eigenvalue weighted by molar-refractivity contribution is 7.99. The summed E-state index contributed by atoms with van der Waals surface area (Å²) in [4.78, 5) is 61.4. The van der Waals surface area contributed by atoms with Gasteiger partial charge < -0.3 is 24.1 Å². The molecule has 0 aromatic heterocycles. The van der Waals surface area contributed by atoms with Gasteiger partial charge in [0, 0.05) is 17.1 Å². The maximum Gasteiger partial charge on any atom is 0.329 e. The number of aliphatic carboxylic acids is 1. The smallest absolute Gasteiger partial charge is 0.329 e. The first-order chi connectivity index (χ1) is 17.4. The molecule has 1 atom stereocenters. The average Bonchev–Trinajstić information content (AvgIpc) is 3.09. The van der Waals surface area contributed by atoms with E-state index in [0.29, 0.717) is 43.7 Å². The van der Waals surface area contributed by atoms with E-state index in [4.69, 9.17) is 24.1 Å². The Morgan fingerprint density at radius 2 is 1.58 bits per heavy atom. The van der Waals surface area contributed by atoms with E-state index >= 15 is 0 Å². The summed E-state index contributed by atoms with van der Waals surface area (Å²) in [5.41, 5.74) is 0.522. The topological polar surface area (TPSA) is 158 Å². The number of nitrogens with one attached hydrogen (secondary N) is 1. The average molecular weight is 525 g/mol. The molecule has 0 aliphatic carbocycles. The number of fused-ring (bicyclic) bond motifs is 1. The van der Waals surface area contributed by atoms with Crippen molar-refractivity contribution in [2.24, 2.45) is 0 Å². The van der Waals surface area contributed by atoms with Crippen LogP contribution in [-0.4, -0.2) is 104 Å². The minimum absolute atomic E-state index is 0.0725. The van der Waals surface area contributed by atoms with E-state index in [1.54, 1.807) is 18.2 Å². The molecule has 2 aliphatic heterocycles. The molecule has 2 heterocycles. The molecular weight excluding hydrogens is 496 g/mol. The van der Waals surface area contributed by atoms with Crippen LogP contribution in [0.1, 0.15) is 33.6 Å². The van der Waals surface area contributed by atoms with E-state index in [1.165, 1.54) is 11.8 Å². The van der Waals surface area contributed by atoms with Gasteiger partial charge in [-0.3, -0.25) is 29.4 Å². The Balaban J connectivity index is 1.33. The summed E-state index contributed by atoms with van der Waals surface area (Å²) in [6, 6.07) is 4.01. The highest BCUT2D eigenvalue weighted by Gasteiger charge is 2.45. The van der Waals surface area contributed by atoms with Crippen LogP contribution in [0.4, 0.5) is 0 Å². The third-order valence-corrected chi connectivity index (χ3v) is 6.28. The molecular formula is C23H28N2O10S. The first kappa shape index (κ1) is 27.7. The third-order valence-electron chi connectivity index (χ3n) is 5.26. The molecule has 1 aromatic rings. The molecule has 0 radical (unpaired) electrons. The van der Waals surface area contributed by atoms with E-state index in [1.807, 2.05) is 0 Å². The Hall–Kier alpha value is -2.84.